The van der Waals surface area contributed by atoms with Gasteiger partial charge in [-0.25, -0.2) is 0 Å². The van der Waals surface area contributed by atoms with E-state index in [9.17, 15) is 0 Å². The lowest BCUT2D eigenvalue weighted by Crippen LogP contribution is -2.30. The van der Waals surface area contributed by atoms with Crippen molar-refractivity contribution in [1.82, 2.24) is 15.5 Å². The SMILES string of the molecule is CCC(NC)C(C)c1nc(-c2ccoc2)no1. The van der Waals surface area contributed by atoms with Crippen molar-refractivity contribution in [3.63, 3.8) is 0 Å². The van der Waals surface area contributed by atoms with Gasteiger partial charge < -0.3 is 14.3 Å². The third kappa shape index (κ3) is 2.39. The summed E-state index contributed by atoms with van der Waals surface area (Å²) < 4.78 is 10.3. The highest BCUT2D eigenvalue weighted by Crippen LogP contribution is 2.23. The molecule has 0 aliphatic heterocycles. The molecule has 0 spiro atoms. The minimum Gasteiger partial charge on any atom is -0.472 e. The molecule has 2 aromatic heterocycles. The van der Waals surface area contributed by atoms with E-state index in [1.165, 1.54) is 0 Å². The molecule has 0 amide bonds. The molecule has 1 N–H and O–H groups in total. The fourth-order valence-corrected chi connectivity index (χ4v) is 1.91. The average Bonchev–Trinajstić information content (AvgIpc) is 3.01. The number of nitrogens with one attached hydrogen (secondary N) is 1. The first-order chi connectivity index (χ1) is 8.26. The third-order valence-corrected chi connectivity index (χ3v) is 3.02. The summed E-state index contributed by atoms with van der Waals surface area (Å²) >= 11 is 0. The van der Waals surface area contributed by atoms with E-state index in [0.29, 0.717) is 17.8 Å². The molecule has 0 bridgehead atoms. The molecule has 0 saturated heterocycles. The van der Waals surface area contributed by atoms with Gasteiger partial charge in [-0.3, -0.25) is 0 Å². The number of aromatic nitrogens is 2. The van der Waals surface area contributed by atoms with Gasteiger partial charge in [-0.2, -0.15) is 4.98 Å². The molecule has 92 valence electrons. The van der Waals surface area contributed by atoms with Crippen LogP contribution in [-0.4, -0.2) is 23.2 Å². The van der Waals surface area contributed by atoms with Gasteiger partial charge in [0.15, 0.2) is 0 Å². The quantitative estimate of drug-likeness (QED) is 0.862. The van der Waals surface area contributed by atoms with E-state index < -0.39 is 0 Å². The highest BCUT2D eigenvalue weighted by atomic mass is 16.5. The Bertz CT molecular complexity index is 446. The second-order valence-corrected chi connectivity index (χ2v) is 4.06. The van der Waals surface area contributed by atoms with E-state index in [1.54, 1.807) is 12.5 Å². The predicted octanol–water partition coefficient (Wildman–Crippen LogP) is 2.43. The molecular formula is C12H17N3O2. The average molecular weight is 235 g/mol. The van der Waals surface area contributed by atoms with Crippen LogP contribution in [-0.2, 0) is 0 Å². The zero-order valence-electron chi connectivity index (χ0n) is 10.3. The lowest BCUT2D eigenvalue weighted by Gasteiger charge is -2.18. The van der Waals surface area contributed by atoms with Crippen LogP contribution >= 0.6 is 0 Å². The molecule has 5 heteroatoms. The summed E-state index contributed by atoms with van der Waals surface area (Å²) in [5.41, 5.74) is 0.838. The van der Waals surface area contributed by atoms with Gasteiger partial charge in [0, 0.05) is 6.04 Å². The monoisotopic (exact) mass is 235 g/mol. The Labute approximate surface area is 100 Å². The largest absolute Gasteiger partial charge is 0.472 e. The third-order valence-electron chi connectivity index (χ3n) is 3.02. The van der Waals surface area contributed by atoms with Crippen molar-refractivity contribution in [1.29, 1.82) is 0 Å². The van der Waals surface area contributed by atoms with Gasteiger partial charge in [0.1, 0.15) is 6.26 Å². The van der Waals surface area contributed by atoms with Crippen LogP contribution in [0.5, 0.6) is 0 Å². The number of hydrogen-bond donors (Lipinski definition) is 1. The lowest BCUT2D eigenvalue weighted by atomic mass is 10.00. The van der Waals surface area contributed by atoms with Crippen LogP contribution < -0.4 is 5.32 Å². The molecule has 2 aromatic rings. The second-order valence-electron chi connectivity index (χ2n) is 4.06. The predicted molar refractivity (Wildman–Crippen MR) is 63.6 cm³/mol. The van der Waals surface area contributed by atoms with Crippen molar-refractivity contribution >= 4 is 0 Å². The maximum atomic E-state index is 5.29. The summed E-state index contributed by atoms with van der Waals surface area (Å²) in [6, 6.07) is 2.15. The number of hydrogen-bond acceptors (Lipinski definition) is 5. The number of furan rings is 1. The van der Waals surface area contributed by atoms with E-state index in [1.807, 2.05) is 13.1 Å². The van der Waals surface area contributed by atoms with Crippen LogP contribution in [0.3, 0.4) is 0 Å². The molecule has 0 aliphatic rings. The minimum atomic E-state index is 0.193. The Morgan fingerprint density at radius 2 is 2.29 bits per heavy atom. The van der Waals surface area contributed by atoms with E-state index in [-0.39, 0.29) is 5.92 Å². The molecular weight excluding hydrogens is 218 g/mol. The Balaban J connectivity index is 2.18. The fraction of sp³-hybridized carbons (Fsp3) is 0.500. The summed E-state index contributed by atoms with van der Waals surface area (Å²) in [7, 11) is 1.94. The Hall–Kier alpha value is -1.62. The van der Waals surface area contributed by atoms with Crippen molar-refractivity contribution in [3.8, 4) is 11.4 Å². The summed E-state index contributed by atoms with van der Waals surface area (Å²) in [5.74, 6) is 1.42. The van der Waals surface area contributed by atoms with E-state index in [2.05, 4.69) is 29.3 Å². The molecule has 0 saturated carbocycles. The molecule has 0 fully saturated rings. The highest BCUT2D eigenvalue weighted by molar-refractivity contribution is 5.51. The topological polar surface area (TPSA) is 64.1 Å². The zero-order valence-corrected chi connectivity index (χ0v) is 10.3. The highest BCUT2D eigenvalue weighted by Gasteiger charge is 2.22. The number of likely N-dealkylation sites (N-methyl/N-ethyl adjacent to an activating group) is 1. The van der Waals surface area contributed by atoms with Gasteiger partial charge >= 0.3 is 0 Å². The van der Waals surface area contributed by atoms with Crippen LogP contribution in [0.2, 0.25) is 0 Å². The van der Waals surface area contributed by atoms with Crippen LogP contribution in [0.1, 0.15) is 32.1 Å². The summed E-state index contributed by atoms with van der Waals surface area (Å²) in [6.07, 6.45) is 4.22. The van der Waals surface area contributed by atoms with Gasteiger partial charge in [0.05, 0.1) is 17.7 Å². The number of nitrogens with zero attached hydrogens (tertiary/aromatic N) is 2. The summed E-state index contributed by atoms with van der Waals surface area (Å²) in [5, 5.41) is 7.20. The Morgan fingerprint density at radius 1 is 1.47 bits per heavy atom. The van der Waals surface area contributed by atoms with Crippen molar-refractivity contribution in [2.24, 2.45) is 0 Å². The van der Waals surface area contributed by atoms with Crippen LogP contribution in [0.4, 0.5) is 0 Å². The molecule has 2 unspecified atom stereocenters. The molecule has 2 rings (SSSR count). The lowest BCUT2D eigenvalue weighted by molar-refractivity contribution is 0.326. The minimum absolute atomic E-state index is 0.193. The first kappa shape index (κ1) is 11.9. The molecule has 17 heavy (non-hydrogen) atoms. The van der Waals surface area contributed by atoms with Gasteiger partial charge in [-0.15, -0.1) is 0 Å². The Morgan fingerprint density at radius 3 is 2.88 bits per heavy atom. The summed E-state index contributed by atoms with van der Waals surface area (Å²) in [4.78, 5) is 4.39. The summed E-state index contributed by atoms with van der Waals surface area (Å²) in [6.45, 7) is 4.21. The van der Waals surface area contributed by atoms with E-state index in [4.69, 9.17) is 8.94 Å². The first-order valence-corrected chi connectivity index (χ1v) is 5.79. The molecule has 0 aliphatic carbocycles. The van der Waals surface area contributed by atoms with Crippen molar-refractivity contribution < 1.29 is 8.94 Å². The standard InChI is InChI=1S/C12H17N3O2/c1-4-10(13-3)8(2)12-14-11(15-17-12)9-5-6-16-7-9/h5-8,10,13H,4H2,1-3H3. The molecule has 0 aromatic carbocycles. The molecule has 2 heterocycles. The van der Waals surface area contributed by atoms with E-state index in [0.717, 1.165) is 12.0 Å². The van der Waals surface area contributed by atoms with Gasteiger partial charge in [0.25, 0.3) is 0 Å². The van der Waals surface area contributed by atoms with Crippen LogP contribution in [0.15, 0.2) is 27.5 Å². The Kier molecular flexibility index (Phi) is 3.58. The van der Waals surface area contributed by atoms with Crippen molar-refractivity contribution in [2.45, 2.75) is 32.2 Å². The van der Waals surface area contributed by atoms with Gasteiger partial charge in [0.2, 0.25) is 11.7 Å². The van der Waals surface area contributed by atoms with Crippen LogP contribution in [0, 0.1) is 0 Å². The maximum absolute atomic E-state index is 5.29. The van der Waals surface area contributed by atoms with Gasteiger partial charge in [-0.05, 0) is 19.5 Å². The maximum Gasteiger partial charge on any atom is 0.231 e. The van der Waals surface area contributed by atoms with E-state index >= 15 is 0 Å². The fourth-order valence-electron chi connectivity index (χ4n) is 1.91. The van der Waals surface area contributed by atoms with Crippen LogP contribution in [0.25, 0.3) is 11.4 Å². The van der Waals surface area contributed by atoms with Crippen molar-refractivity contribution in [2.75, 3.05) is 7.05 Å². The normalized spacial score (nSPS) is 14.8. The number of rotatable bonds is 5. The molecule has 2 atom stereocenters. The molecule has 0 radical (unpaired) electrons. The first-order valence-electron chi connectivity index (χ1n) is 5.79. The zero-order chi connectivity index (χ0) is 12.3. The molecule has 5 nitrogen and oxygen atoms in total. The van der Waals surface area contributed by atoms with Crippen molar-refractivity contribution in [3.05, 3.63) is 24.5 Å². The smallest absolute Gasteiger partial charge is 0.231 e. The van der Waals surface area contributed by atoms with Gasteiger partial charge in [-0.1, -0.05) is 19.0 Å². The second kappa shape index (κ2) is 5.14.